The van der Waals surface area contributed by atoms with Crippen LogP contribution in [0.2, 0.25) is 0 Å². The van der Waals surface area contributed by atoms with Crippen molar-refractivity contribution < 1.29 is 9.90 Å². The summed E-state index contributed by atoms with van der Waals surface area (Å²) in [7, 11) is 0. The largest absolute Gasteiger partial charge is 0.395 e. The number of nitrogens with one attached hydrogen (secondary N) is 1. The Labute approximate surface area is 107 Å². The summed E-state index contributed by atoms with van der Waals surface area (Å²) in [5, 5.41) is 9.03. The molecular formula is C13H21N3O2. The molecule has 0 spiro atoms. The normalized spacial score (nSPS) is 16.6. The summed E-state index contributed by atoms with van der Waals surface area (Å²) >= 11 is 0. The molecule has 1 fully saturated rings. The standard InChI is InChI=1S/C13H21N3O2/c1-13(4-5-13)3-2-12(18)16(8-9-17)10-11-14-6-7-15-11/h6-7,17H,2-5,8-10H2,1H3,(H,14,15). The van der Waals surface area contributed by atoms with Gasteiger partial charge in [0.05, 0.1) is 13.2 Å². The number of aliphatic hydroxyl groups excluding tert-OH is 1. The van der Waals surface area contributed by atoms with Crippen molar-refractivity contribution >= 4 is 5.91 Å². The number of carbonyl (C=O) groups excluding carboxylic acids is 1. The average Bonchev–Trinajstić information content (AvgIpc) is 2.88. The van der Waals surface area contributed by atoms with Crippen LogP contribution in [0.15, 0.2) is 12.4 Å². The van der Waals surface area contributed by atoms with Crippen LogP contribution >= 0.6 is 0 Å². The van der Waals surface area contributed by atoms with E-state index in [2.05, 4.69) is 16.9 Å². The van der Waals surface area contributed by atoms with E-state index in [1.54, 1.807) is 17.3 Å². The Morgan fingerprint density at radius 1 is 1.61 bits per heavy atom. The van der Waals surface area contributed by atoms with Crippen LogP contribution in [-0.4, -0.2) is 39.0 Å². The first kappa shape index (κ1) is 13.1. The average molecular weight is 251 g/mol. The van der Waals surface area contributed by atoms with Gasteiger partial charge in [-0.05, 0) is 24.7 Å². The third-order valence-electron chi connectivity index (χ3n) is 3.66. The van der Waals surface area contributed by atoms with Crippen molar-refractivity contribution in [2.75, 3.05) is 13.2 Å². The lowest BCUT2D eigenvalue weighted by atomic mass is 10.0. The van der Waals surface area contributed by atoms with E-state index >= 15 is 0 Å². The molecule has 0 aromatic carbocycles. The van der Waals surface area contributed by atoms with Gasteiger partial charge in [-0.1, -0.05) is 6.92 Å². The molecule has 2 N–H and O–H groups in total. The van der Waals surface area contributed by atoms with Crippen LogP contribution in [0.25, 0.3) is 0 Å². The van der Waals surface area contributed by atoms with Crippen molar-refractivity contribution in [2.24, 2.45) is 5.41 Å². The molecule has 1 aliphatic rings. The molecular weight excluding hydrogens is 230 g/mol. The second-order valence-corrected chi connectivity index (χ2v) is 5.39. The zero-order valence-electron chi connectivity index (χ0n) is 10.9. The molecule has 1 aliphatic carbocycles. The number of carbonyl (C=O) groups is 1. The number of hydrogen-bond acceptors (Lipinski definition) is 3. The summed E-state index contributed by atoms with van der Waals surface area (Å²) in [4.78, 5) is 20.9. The smallest absolute Gasteiger partial charge is 0.223 e. The predicted molar refractivity (Wildman–Crippen MR) is 67.7 cm³/mol. The summed E-state index contributed by atoms with van der Waals surface area (Å²) in [5.74, 6) is 0.864. The Morgan fingerprint density at radius 2 is 2.39 bits per heavy atom. The lowest BCUT2D eigenvalue weighted by Crippen LogP contribution is -2.33. The van der Waals surface area contributed by atoms with Crippen LogP contribution in [-0.2, 0) is 11.3 Å². The minimum absolute atomic E-state index is 0.0102. The number of aliphatic hydroxyl groups is 1. The third kappa shape index (κ3) is 3.57. The van der Waals surface area contributed by atoms with E-state index in [-0.39, 0.29) is 12.5 Å². The van der Waals surface area contributed by atoms with Gasteiger partial charge in [-0.25, -0.2) is 4.98 Å². The highest BCUT2D eigenvalue weighted by Crippen LogP contribution is 2.48. The Balaban J connectivity index is 1.85. The molecule has 18 heavy (non-hydrogen) atoms. The highest BCUT2D eigenvalue weighted by molar-refractivity contribution is 5.76. The van der Waals surface area contributed by atoms with Crippen molar-refractivity contribution in [3.63, 3.8) is 0 Å². The van der Waals surface area contributed by atoms with Crippen molar-refractivity contribution in [3.8, 4) is 0 Å². The van der Waals surface area contributed by atoms with Crippen molar-refractivity contribution in [1.29, 1.82) is 0 Å². The maximum absolute atomic E-state index is 12.1. The van der Waals surface area contributed by atoms with Gasteiger partial charge in [0.1, 0.15) is 5.82 Å². The molecule has 0 atom stereocenters. The number of imidazole rings is 1. The topological polar surface area (TPSA) is 69.2 Å². The molecule has 2 rings (SSSR count). The van der Waals surface area contributed by atoms with Gasteiger partial charge >= 0.3 is 0 Å². The van der Waals surface area contributed by atoms with E-state index in [1.165, 1.54) is 12.8 Å². The highest BCUT2D eigenvalue weighted by atomic mass is 16.3. The highest BCUT2D eigenvalue weighted by Gasteiger charge is 2.37. The molecule has 1 aromatic rings. The first-order valence-electron chi connectivity index (χ1n) is 6.50. The maximum Gasteiger partial charge on any atom is 0.223 e. The molecule has 0 bridgehead atoms. The number of hydrogen-bond donors (Lipinski definition) is 2. The van der Waals surface area contributed by atoms with Gasteiger partial charge in [0, 0.05) is 25.4 Å². The zero-order valence-corrected chi connectivity index (χ0v) is 10.9. The summed E-state index contributed by atoms with van der Waals surface area (Å²) in [6.45, 7) is 3.03. The Kier molecular flexibility index (Phi) is 4.01. The molecule has 100 valence electrons. The number of H-pyrrole nitrogens is 1. The van der Waals surface area contributed by atoms with Crippen LogP contribution in [0.1, 0.15) is 38.4 Å². The summed E-state index contributed by atoms with van der Waals surface area (Å²) in [6, 6.07) is 0. The first-order chi connectivity index (χ1) is 8.63. The first-order valence-corrected chi connectivity index (χ1v) is 6.50. The zero-order chi connectivity index (χ0) is 13.0. The molecule has 1 amide bonds. The maximum atomic E-state index is 12.1. The van der Waals surface area contributed by atoms with E-state index < -0.39 is 0 Å². The van der Waals surface area contributed by atoms with Crippen LogP contribution < -0.4 is 0 Å². The molecule has 1 aromatic heterocycles. The van der Waals surface area contributed by atoms with Gasteiger partial charge in [0.15, 0.2) is 0 Å². The van der Waals surface area contributed by atoms with Crippen LogP contribution in [0.3, 0.4) is 0 Å². The fourth-order valence-electron chi connectivity index (χ4n) is 2.01. The lowest BCUT2D eigenvalue weighted by Gasteiger charge is -2.21. The Hall–Kier alpha value is -1.36. The fraction of sp³-hybridized carbons (Fsp3) is 0.692. The van der Waals surface area contributed by atoms with Gasteiger partial charge in [0.25, 0.3) is 0 Å². The Morgan fingerprint density at radius 3 is 2.94 bits per heavy atom. The molecule has 0 saturated heterocycles. The van der Waals surface area contributed by atoms with E-state index in [9.17, 15) is 4.79 Å². The SMILES string of the molecule is CC1(CCC(=O)N(CCO)Cc2ncc[nH]2)CC1. The number of aromatic nitrogens is 2. The van der Waals surface area contributed by atoms with Gasteiger partial charge in [-0.2, -0.15) is 0 Å². The number of nitrogens with zero attached hydrogens (tertiary/aromatic N) is 2. The van der Waals surface area contributed by atoms with E-state index in [1.807, 2.05) is 0 Å². The van der Waals surface area contributed by atoms with Crippen LogP contribution in [0, 0.1) is 5.41 Å². The van der Waals surface area contributed by atoms with E-state index in [0.29, 0.717) is 24.9 Å². The molecule has 5 nitrogen and oxygen atoms in total. The second-order valence-electron chi connectivity index (χ2n) is 5.39. The molecule has 0 unspecified atom stereocenters. The fourth-order valence-corrected chi connectivity index (χ4v) is 2.01. The quantitative estimate of drug-likeness (QED) is 0.767. The summed E-state index contributed by atoms with van der Waals surface area (Å²) in [5.41, 5.74) is 0.394. The number of amides is 1. The van der Waals surface area contributed by atoms with Crippen LogP contribution in [0.5, 0.6) is 0 Å². The minimum atomic E-state index is -0.0102. The minimum Gasteiger partial charge on any atom is -0.395 e. The van der Waals surface area contributed by atoms with E-state index in [4.69, 9.17) is 5.11 Å². The van der Waals surface area contributed by atoms with Gasteiger partial charge < -0.3 is 15.0 Å². The predicted octanol–water partition coefficient (Wildman–Crippen LogP) is 1.31. The van der Waals surface area contributed by atoms with Crippen molar-refractivity contribution in [1.82, 2.24) is 14.9 Å². The Bertz CT molecular complexity index is 385. The lowest BCUT2D eigenvalue weighted by molar-refractivity contribution is -0.132. The van der Waals surface area contributed by atoms with Gasteiger partial charge in [-0.15, -0.1) is 0 Å². The molecule has 0 radical (unpaired) electrons. The van der Waals surface area contributed by atoms with Crippen molar-refractivity contribution in [3.05, 3.63) is 18.2 Å². The monoisotopic (exact) mass is 251 g/mol. The van der Waals surface area contributed by atoms with E-state index in [0.717, 1.165) is 12.2 Å². The second kappa shape index (κ2) is 5.52. The van der Waals surface area contributed by atoms with Gasteiger partial charge in [-0.3, -0.25) is 4.79 Å². The van der Waals surface area contributed by atoms with Gasteiger partial charge in [0.2, 0.25) is 5.91 Å². The molecule has 1 saturated carbocycles. The summed E-state index contributed by atoms with van der Waals surface area (Å²) < 4.78 is 0. The number of rotatable bonds is 7. The number of aromatic amines is 1. The molecule has 5 heteroatoms. The third-order valence-corrected chi connectivity index (χ3v) is 3.66. The van der Waals surface area contributed by atoms with Crippen LogP contribution in [0.4, 0.5) is 0 Å². The summed E-state index contributed by atoms with van der Waals surface area (Å²) in [6.07, 6.45) is 7.39. The molecule has 1 heterocycles. The molecule has 0 aliphatic heterocycles. The van der Waals surface area contributed by atoms with Crippen molar-refractivity contribution in [2.45, 2.75) is 39.2 Å².